The molecule has 0 heterocycles. The molecule has 0 aliphatic rings. The topological polar surface area (TPSA) is 66.9 Å². The Kier molecular flexibility index (Phi) is 3.50. The van der Waals surface area contributed by atoms with Crippen LogP contribution in [0.2, 0.25) is 5.02 Å². The van der Waals surface area contributed by atoms with E-state index in [9.17, 15) is 15.4 Å². The highest BCUT2D eigenvalue weighted by atomic mass is 35.5. The zero-order valence-corrected chi connectivity index (χ0v) is 10.5. The predicted octanol–water partition coefficient (Wildman–Crippen LogP) is 3.38. The van der Waals surface area contributed by atoms with Gasteiger partial charge in [-0.3, -0.25) is 10.1 Å². The molecule has 0 bridgehead atoms. The number of halogens is 1. The van der Waals surface area contributed by atoms with Crippen molar-refractivity contribution < 1.29 is 4.92 Å². The molecule has 0 N–H and O–H groups in total. The third-order valence-electron chi connectivity index (χ3n) is 2.87. The average molecular weight is 273 g/mol. The SMILES string of the molecule is N#CC(c1ccccc1)(c1cccc(Cl)c1)[N+](=O)[O-]. The largest absolute Gasteiger partial charge is 0.355 e. The molecule has 0 aliphatic carbocycles. The fourth-order valence-electron chi connectivity index (χ4n) is 1.94. The Bertz CT molecular complexity index is 652. The predicted molar refractivity (Wildman–Crippen MR) is 71.3 cm³/mol. The zero-order valence-electron chi connectivity index (χ0n) is 9.79. The van der Waals surface area contributed by atoms with Crippen LogP contribution in [0.5, 0.6) is 0 Å². The van der Waals surface area contributed by atoms with Crippen LogP contribution in [-0.4, -0.2) is 4.92 Å². The number of hydrogen-bond acceptors (Lipinski definition) is 3. The molecule has 0 aliphatic heterocycles. The van der Waals surface area contributed by atoms with Crippen LogP contribution in [0.15, 0.2) is 54.6 Å². The zero-order chi connectivity index (χ0) is 13.9. The van der Waals surface area contributed by atoms with Crippen molar-refractivity contribution in [2.75, 3.05) is 0 Å². The lowest BCUT2D eigenvalue weighted by atomic mass is 9.85. The Balaban J connectivity index is 2.73. The second-order valence-electron chi connectivity index (χ2n) is 3.96. The molecule has 2 aromatic rings. The van der Waals surface area contributed by atoms with E-state index in [0.29, 0.717) is 10.6 Å². The minimum Gasteiger partial charge on any atom is -0.262 e. The smallest absolute Gasteiger partial charge is 0.262 e. The fourth-order valence-corrected chi connectivity index (χ4v) is 2.13. The van der Waals surface area contributed by atoms with Crippen molar-refractivity contribution >= 4 is 11.6 Å². The summed E-state index contributed by atoms with van der Waals surface area (Å²) in [5.74, 6) is 0. The number of rotatable bonds is 3. The van der Waals surface area contributed by atoms with Crippen molar-refractivity contribution in [1.29, 1.82) is 5.26 Å². The quantitative estimate of drug-likeness (QED) is 0.635. The first-order chi connectivity index (χ1) is 9.11. The normalized spacial score (nSPS) is 13.3. The van der Waals surface area contributed by atoms with Gasteiger partial charge < -0.3 is 0 Å². The minimum absolute atomic E-state index is 0.249. The first kappa shape index (κ1) is 13.1. The lowest BCUT2D eigenvalue weighted by molar-refractivity contribution is -0.548. The van der Waals surface area contributed by atoms with E-state index in [4.69, 9.17) is 11.6 Å². The monoisotopic (exact) mass is 272 g/mol. The first-order valence-corrected chi connectivity index (χ1v) is 5.86. The third-order valence-corrected chi connectivity index (χ3v) is 3.10. The van der Waals surface area contributed by atoms with Crippen LogP contribution in [0.25, 0.3) is 0 Å². The second-order valence-corrected chi connectivity index (χ2v) is 4.39. The molecule has 2 aromatic carbocycles. The van der Waals surface area contributed by atoms with E-state index in [1.807, 2.05) is 6.07 Å². The molecule has 5 heteroatoms. The molecule has 0 saturated heterocycles. The van der Waals surface area contributed by atoms with Gasteiger partial charge in [-0.05, 0) is 12.1 Å². The van der Waals surface area contributed by atoms with Crippen molar-refractivity contribution in [3.05, 3.63) is 80.9 Å². The second kappa shape index (κ2) is 5.09. The molecule has 0 amide bonds. The van der Waals surface area contributed by atoms with Crippen molar-refractivity contribution in [3.8, 4) is 6.07 Å². The molecule has 0 spiro atoms. The molecule has 0 saturated carbocycles. The maximum atomic E-state index is 11.5. The van der Waals surface area contributed by atoms with Crippen LogP contribution in [0, 0.1) is 21.4 Å². The highest BCUT2D eigenvalue weighted by Gasteiger charge is 2.47. The number of nitriles is 1. The molecule has 4 nitrogen and oxygen atoms in total. The Morgan fingerprint density at radius 3 is 2.26 bits per heavy atom. The minimum atomic E-state index is -1.94. The van der Waals surface area contributed by atoms with Gasteiger partial charge in [-0.1, -0.05) is 54.1 Å². The van der Waals surface area contributed by atoms with Crippen molar-refractivity contribution in [3.63, 3.8) is 0 Å². The fraction of sp³-hybridized carbons (Fsp3) is 0.0714. The van der Waals surface area contributed by atoms with Crippen molar-refractivity contribution in [2.45, 2.75) is 5.54 Å². The van der Waals surface area contributed by atoms with E-state index in [-0.39, 0.29) is 5.56 Å². The standard InChI is InChI=1S/C14H9ClN2O2/c15-13-8-4-7-12(9-13)14(10-16,17(18)19)11-5-2-1-3-6-11/h1-9H. The number of nitrogens with zero attached hydrogens (tertiary/aromatic N) is 2. The summed E-state index contributed by atoms with van der Waals surface area (Å²) in [5, 5.41) is 21.3. The van der Waals surface area contributed by atoms with E-state index in [1.165, 1.54) is 12.1 Å². The van der Waals surface area contributed by atoms with Gasteiger partial charge in [0.15, 0.2) is 6.07 Å². The molecule has 0 radical (unpaired) electrons. The number of hydrogen-bond donors (Lipinski definition) is 0. The lowest BCUT2D eigenvalue weighted by Crippen LogP contribution is -2.35. The molecule has 0 fully saturated rings. The summed E-state index contributed by atoms with van der Waals surface area (Å²) in [5.41, 5.74) is -1.38. The highest BCUT2D eigenvalue weighted by molar-refractivity contribution is 6.30. The van der Waals surface area contributed by atoms with Crippen LogP contribution in [-0.2, 0) is 5.54 Å². The number of nitro groups is 1. The van der Waals surface area contributed by atoms with Crippen LogP contribution in [0.1, 0.15) is 11.1 Å². The Morgan fingerprint density at radius 2 is 1.74 bits per heavy atom. The van der Waals surface area contributed by atoms with Gasteiger partial charge in [0.25, 0.3) is 0 Å². The van der Waals surface area contributed by atoms with Gasteiger partial charge in [0, 0.05) is 16.1 Å². The molecule has 19 heavy (non-hydrogen) atoms. The molecule has 2 rings (SSSR count). The molecule has 1 unspecified atom stereocenters. The van der Waals surface area contributed by atoms with E-state index in [2.05, 4.69) is 0 Å². The maximum absolute atomic E-state index is 11.5. The summed E-state index contributed by atoms with van der Waals surface area (Å²) in [4.78, 5) is 10.9. The first-order valence-electron chi connectivity index (χ1n) is 5.48. The number of benzene rings is 2. The van der Waals surface area contributed by atoms with Gasteiger partial charge in [0.05, 0.1) is 4.92 Å². The summed E-state index contributed by atoms with van der Waals surface area (Å²) < 4.78 is 0. The molecule has 0 aromatic heterocycles. The molecular formula is C14H9ClN2O2. The van der Waals surface area contributed by atoms with E-state index in [0.717, 1.165) is 0 Å². The van der Waals surface area contributed by atoms with E-state index < -0.39 is 10.5 Å². The summed E-state index contributed by atoms with van der Waals surface area (Å²) in [6, 6.07) is 16.2. The molecule has 94 valence electrons. The molecular weight excluding hydrogens is 264 g/mol. The van der Waals surface area contributed by atoms with Crippen LogP contribution >= 0.6 is 11.6 Å². The van der Waals surface area contributed by atoms with Gasteiger partial charge in [-0.25, -0.2) is 0 Å². The van der Waals surface area contributed by atoms with Gasteiger partial charge >= 0.3 is 5.54 Å². The van der Waals surface area contributed by atoms with Gasteiger partial charge in [0.1, 0.15) is 0 Å². The molecule has 1 atom stereocenters. The average Bonchev–Trinajstić information content (AvgIpc) is 2.41. The summed E-state index contributed by atoms with van der Waals surface area (Å²) >= 11 is 5.87. The Morgan fingerprint density at radius 1 is 1.11 bits per heavy atom. The van der Waals surface area contributed by atoms with E-state index in [1.54, 1.807) is 42.5 Å². The van der Waals surface area contributed by atoms with Crippen molar-refractivity contribution in [2.24, 2.45) is 0 Å². The van der Waals surface area contributed by atoms with Crippen LogP contribution < -0.4 is 0 Å². The summed E-state index contributed by atoms with van der Waals surface area (Å²) in [6.45, 7) is 0. The van der Waals surface area contributed by atoms with Crippen molar-refractivity contribution in [1.82, 2.24) is 0 Å². The maximum Gasteiger partial charge on any atom is 0.355 e. The van der Waals surface area contributed by atoms with E-state index >= 15 is 0 Å². The summed E-state index contributed by atoms with van der Waals surface area (Å²) in [7, 11) is 0. The van der Waals surface area contributed by atoms with Crippen LogP contribution in [0.4, 0.5) is 0 Å². The summed E-state index contributed by atoms with van der Waals surface area (Å²) in [6.07, 6.45) is 0. The van der Waals surface area contributed by atoms with Gasteiger partial charge in [-0.15, -0.1) is 0 Å². The highest BCUT2D eigenvalue weighted by Crippen LogP contribution is 2.33. The van der Waals surface area contributed by atoms with Crippen LogP contribution in [0.3, 0.4) is 0 Å². The lowest BCUT2D eigenvalue weighted by Gasteiger charge is -2.18. The Hall–Kier alpha value is -2.38. The third kappa shape index (κ3) is 2.16. The Labute approximate surface area is 115 Å². The van der Waals surface area contributed by atoms with Gasteiger partial charge in [-0.2, -0.15) is 5.26 Å². The van der Waals surface area contributed by atoms with Gasteiger partial charge in [0.2, 0.25) is 0 Å².